The van der Waals surface area contributed by atoms with Gasteiger partial charge in [-0.3, -0.25) is 24.6 Å². The number of nitrogens with zero attached hydrogens (tertiary/aromatic N) is 6. The molecule has 2 aliphatic heterocycles. The van der Waals surface area contributed by atoms with Crippen LogP contribution in [0.3, 0.4) is 0 Å². The Kier molecular flexibility index (Phi) is 8.56. The van der Waals surface area contributed by atoms with Crippen molar-refractivity contribution in [1.29, 1.82) is 0 Å². The van der Waals surface area contributed by atoms with Crippen molar-refractivity contribution < 1.29 is 14.3 Å². The number of anilines is 1. The molecule has 238 valence electrons. The molecule has 0 spiro atoms. The Bertz CT molecular complexity index is 1910. The zero-order chi connectivity index (χ0) is 32.2. The Hall–Kier alpha value is -5.26. The number of ether oxygens (including phenoxy) is 1. The minimum atomic E-state index is -0.764. The van der Waals surface area contributed by atoms with E-state index >= 15 is 0 Å². The van der Waals surface area contributed by atoms with E-state index in [2.05, 4.69) is 53.6 Å². The molecule has 0 aliphatic carbocycles. The molecule has 5 aromatic rings. The Morgan fingerprint density at radius 1 is 0.957 bits per heavy atom. The lowest BCUT2D eigenvalue weighted by molar-refractivity contribution is -0.133. The first kappa shape index (κ1) is 30.4. The minimum Gasteiger partial charge on any atom is -0.384 e. The van der Waals surface area contributed by atoms with Gasteiger partial charge in [-0.1, -0.05) is 30.3 Å². The summed E-state index contributed by atoms with van der Waals surface area (Å²) in [5.74, 6) is 0.659. The van der Waals surface area contributed by atoms with Crippen LogP contribution in [0.1, 0.15) is 18.4 Å². The third kappa shape index (κ3) is 6.40. The van der Waals surface area contributed by atoms with Crippen LogP contribution in [0.15, 0.2) is 91.5 Å². The van der Waals surface area contributed by atoms with E-state index in [4.69, 9.17) is 4.74 Å². The van der Waals surface area contributed by atoms with Crippen LogP contribution in [0.5, 0.6) is 0 Å². The number of rotatable bonds is 9. The molecule has 0 radical (unpaired) electrons. The maximum Gasteiger partial charge on any atom is 0.237 e. The molecule has 0 saturated carbocycles. The molecule has 2 amide bonds. The van der Waals surface area contributed by atoms with Crippen LogP contribution in [0.25, 0.3) is 39.1 Å². The van der Waals surface area contributed by atoms with Gasteiger partial charge in [0.15, 0.2) is 5.82 Å². The lowest BCUT2D eigenvalue weighted by Crippen LogP contribution is -2.45. The van der Waals surface area contributed by atoms with Crippen LogP contribution in [-0.4, -0.2) is 93.2 Å². The van der Waals surface area contributed by atoms with Crippen molar-refractivity contribution in [2.75, 3.05) is 51.8 Å². The van der Waals surface area contributed by atoms with Gasteiger partial charge in [-0.05, 0) is 66.9 Å². The normalized spacial score (nSPS) is 18.3. The number of likely N-dealkylation sites (tertiary alicyclic amines) is 1. The first-order valence-electron chi connectivity index (χ1n) is 15.8. The van der Waals surface area contributed by atoms with Crippen LogP contribution < -0.4 is 5.32 Å². The average Bonchev–Trinajstić information content (AvgIpc) is 3.74. The van der Waals surface area contributed by atoms with Gasteiger partial charge in [0.1, 0.15) is 5.69 Å². The van der Waals surface area contributed by atoms with Crippen LogP contribution in [-0.2, 0) is 14.3 Å². The fourth-order valence-electron chi connectivity index (χ4n) is 6.55. The van der Waals surface area contributed by atoms with Crippen molar-refractivity contribution >= 4 is 34.0 Å². The predicted octanol–water partition coefficient (Wildman–Crippen LogP) is 4.67. The number of carbonyl (C=O) groups is 2. The summed E-state index contributed by atoms with van der Waals surface area (Å²) in [5, 5.41) is 11.6. The molecule has 0 bridgehead atoms. The average molecular weight is 629 g/mol. The lowest BCUT2D eigenvalue weighted by Gasteiger charge is -2.30. The van der Waals surface area contributed by atoms with Gasteiger partial charge in [-0.2, -0.15) is 5.10 Å². The third-order valence-corrected chi connectivity index (χ3v) is 9.11. The van der Waals surface area contributed by atoms with E-state index in [0.29, 0.717) is 44.1 Å². The van der Waals surface area contributed by atoms with E-state index in [1.165, 1.54) is 5.57 Å². The van der Waals surface area contributed by atoms with Gasteiger partial charge in [-0.15, -0.1) is 0 Å². The second-order valence-corrected chi connectivity index (χ2v) is 12.2. The van der Waals surface area contributed by atoms with E-state index < -0.39 is 5.41 Å². The van der Waals surface area contributed by atoms with Crippen molar-refractivity contribution in [3.05, 3.63) is 97.1 Å². The molecule has 2 N–H and O–H groups in total. The molecule has 1 fully saturated rings. The number of pyridine rings is 1. The Balaban J connectivity index is 0.973. The number of hydrogen-bond acceptors (Lipinski definition) is 8. The molecule has 47 heavy (non-hydrogen) atoms. The molecule has 3 aromatic heterocycles. The maximum absolute atomic E-state index is 13.8. The molecule has 0 unspecified atom stereocenters. The van der Waals surface area contributed by atoms with Crippen LogP contribution in [0, 0.1) is 5.41 Å². The molecular formula is C36H36N8O3. The second kappa shape index (κ2) is 13.2. The first-order chi connectivity index (χ1) is 23.0. The highest BCUT2D eigenvalue weighted by molar-refractivity contribution is 6.00. The smallest absolute Gasteiger partial charge is 0.237 e. The van der Waals surface area contributed by atoms with Crippen molar-refractivity contribution in [2.24, 2.45) is 5.41 Å². The molecule has 2 aromatic carbocycles. The predicted molar refractivity (Wildman–Crippen MR) is 180 cm³/mol. The number of amides is 2. The fraction of sp³-hybridized carbons (Fsp3) is 0.278. The number of benzene rings is 2. The van der Waals surface area contributed by atoms with Crippen LogP contribution >= 0.6 is 0 Å². The Labute approximate surface area is 272 Å². The zero-order valence-electron chi connectivity index (χ0n) is 26.2. The van der Waals surface area contributed by atoms with Crippen molar-refractivity contribution in [3.8, 4) is 22.6 Å². The maximum atomic E-state index is 13.8. The Morgan fingerprint density at radius 2 is 1.74 bits per heavy atom. The van der Waals surface area contributed by atoms with Crippen LogP contribution in [0.4, 0.5) is 5.69 Å². The third-order valence-electron chi connectivity index (χ3n) is 9.11. The standard InChI is InChI=1S/C36H36N8O3/c1-47-24-36(35(46)40-29-7-8-31-30(21-29)33(42-41-31)27-9-16-37-17-10-27)13-20-43(23-36)22-32(45)44-18-11-26(12-19-44)25-3-5-28(6-4-25)34-38-14-2-15-39-34/h2-11,14-17,21H,12-13,18-20,22-24H2,1H3,(H,40,46)(H,41,42)/t36-/m1/s1. The number of methoxy groups -OCH3 is 1. The van der Waals surface area contributed by atoms with E-state index in [0.717, 1.165) is 39.7 Å². The van der Waals surface area contributed by atoms with Gasteiger partial charge >= 0.3 is 0 Å². The molecule has 2 aliphatic rings. The number of aromatic nitrogens is 5. The molecule has 11 heteroatoms. The molecule has 1 saturated heterocycles. The van der Waals surface area contributed by atoms with Crippen molar-refractivity contribution in [2.45, 2.75) is 12.8 Å². The first-order valence-corrected chi connectivity index (χ1v) is 15.8. The van der Waals surface area contributed by atoms with E-state index in [-0.39, 0.29) is 25.0 Å². The highest BCUT2D eigenvalue weighted by atomic mass is 16.5. The van der Waals surface area contributed by atoms with Gasteiger partial charge in [-0.25, -0.2) is 9.97 Å². The van der Waals surface area contributed by atoms with Crippen molar-refractivity contribution in [3.63, 3.8) is 0 Å². The van der Waals surface area contributed by atoms with Gasteiger partial charge in [0.25, 0.3) is 0 Å². The highest BCUT2D eigenvalue weighted by Gasteiger charge is 2.45. The summed E-state index contributed by atoms with van der Waals surface area (Å²) >= 11 is 0. The van der Waals surface area contributed by atoms with Crippen molar-refractivity contribution in [1.82, 2.24) is 34.9 Å². The topological polar surface area (TPSA) is 129 Å². The van der Waals surface area contributed by atoms with Gasteiger partial charge in [0.05, 0.1) is 24.1 Å². The highest BCUT2D eigenvalue weighted by Crippen LogP contribution is 2.34. The summed E-state index contributed by atoms with van der Waals surface area (Å²) in [6.07, 6.45) is 10.5. The molecular weight excluding hydrogens is 592 g/mol. The number of carbonyl (C=O) groups excluding carboxylic acids is 2. The second-order valence-electron chi connectivity index (χ2n) is 12.2. The number of nitrogens with one attached hydrogen (secondary N) is 2. The van der Waals surface area contributed by atoms with E-state index in [1.807, 2.05) is 47.4 Å². The monoisotopic (exact) mass is 628 g/mol. The summed E-state index contributed by atoms with van der Waals surface area (Å²) < 4.78 is 5.56. The van der Waals surface area contributed by atoms with Gasteiger partial charge in [0, 0.05) is 73.7 Å². The summed E-state index contributed by atoms with van der Waals surface area (Å²) in [4.78, 5) is 43.9. The largest absolute Gasteiger partial charge is 0.384 e. The lowest BCUT2D eigenvalue weighted by atomic mass is 9.87. The molecule has 1 atom stereocenters. The number of hydrogen-bond donors (Lipinski definition) is 2. The fourth-order valence-corrected chi connectivity index (χ4v) is 6.55. The zero-order valence-corrected chi connectivity index (χ0v) is 26.2. The number of aromatic amines is 1. The quantitative estimate of drug-likeness (QED) is 0.241. The van der Waals surface area contributed by atoms with Gasteiger partial charge < -0.3 is 15.0 Å². The molecule has 7 rings (SSSR count). The summed E-state index contributed by atoms with van der Waals surface area (Å²) in [6.45, 7) is 2.84. The SMILES string of the molecule is COC[C@@]1(C(=O)Nc2ccc3[nH]nc(-c4ccncc4)c3c2)CCN(CC(=O)N2CC=C(c3ccc(-c4ncccn4)cc3)CC2)C1. The van der Waals surface area contributed by atoms with E-state index in [1.54, 1.807) is 38.0 Å². The number of H-pyrrole nitrogens is 1. The molecule has 5 heterocycles. The van der Waals surface area contributed by atoms with Gasteiger partial charge in [0.2, 0.25) is 11.8 Å². The van der Waals surface area contributed by atoms with Crippen LogP contribution in [0.2, 0.25) is 0 Å². The Morgan fingerprint density at radius 3 is 2.49 bits per heavy atom. The summed E-state index contributed by atoms with van der Waals surface area (Å²) in [7, 11) is 1.61. The minimum absolute atomic E-state index is 0.0690. The van der Waals surface area contributed by atoms with E-state index in [9.17, 15) is 9.59 Å². The molecule has 11 nitrogen and oxygen atoms in total. The number of fused-ring (bicyclic) bond motifs is 1. The summed E-state index contributed by atoms with van der Waals surface area (Å²) in [6, 6.07) is 19.6. The summed E-state index contributed by atoms with van der Waals surface area (Å²) in [5.41, 5.74) is 5.88.